The fraction of sp³-hybridized carbons (Fsp3) is 0.118. The van der Waals surface area contributed by atoms with E-state index >= 15 is 0 Å². The highest BCUT2D eigenvalue weighted by Crippen LogP contribution is 2.30. The van der Waals surface area contributed by atoms with Crippen molar-refractivity contribution >= 4 is 33.3 Å². The number of nitrogens with zero attached hydrogens (tertiary/aromatic N) is 2. The SMILES string of the molecule is CCOC(=O)C(C#N)=CNc1nc(-c2c[nH]c3ccccc23)cs1. The first-order valence-corrected chi connectivity index (χ1v) is 8.17. The van der Waals surface area contributed by atoms with Gasteiger partial charge in [0.25, 0.3) is 0 Å². The summed E-state index contributed by atoms with van der Waals surface area (Å²) in [7, 11) is 0. The first kappa shape index (κ1) is 15.8. The molecule has 24 heavy (non-hydrogen) atoms. The highest BCUT2D eigenvalue weighted by atomic mass is 32.1. The summed E-state index contributed by atoms with van der Waals surface area (Å²) in [6.07, 6.45) is 3.23. The summed E-state index contributed by atoms with van der Waals surface area (Å²) < 4.78 is 4.80. The number of H-pyrrole nitrogens is 1. The van der Waals surface area contributed by atoms with Gasteiger partial charge in [-0.15, -0.1) is 11.3 Å². The molecule has 0 aliphatic heterocycles. The van der Waals surface area contributed by atoms with Gasteiger partial charge in [0.05, 0.1) is 12.3 Å². The number of nitriles is 1. The number of hydrogen-bond donors (Lipinski definition) is 2. The molecule has 0 amide bonds. The molecular weight excluding hydrogens is 324 g/mol. The van der Waals surface area contributed by atoms with Crippen molar-refractivity contribution in [3.63, 3.8) is 0 Å². The number of esters is 1. The number of nitrogens with one attached hydrogen (secondary N) is 2. The number of aromatic nitrogens is 2. The van der Waals surface area contributed by atoms with E-state index in [0.29, 0.717) is 5.13 Å². The number of carbonyl (C=O) groups excluding carboxylic acids is 1. The molecule has 0 saturated carbocycles. The second kappa shape index (κ2) is 6.98. The van der Waals surface area contributed by atoms with Crippen LogP contribution in [0.1, 0.15) is 6.92 Å². The lowest BCUT2D eigenvalue weighted by Crippen LogP contribution is -2.07. The van der Waals surface area contributed by atoms with Crippen molar-refractivity contribution in [2.75, 3.05) is 11.9 Å². The third-order valence-corrected chi connectivity index (χ3v) is 4.10. The molecule has 0 saturated heterocycles. The van der Waals surface area contributed by atoms with Crippen LogP contribution < -0.4 is 5.32 Å². The molecular formula is C17H14N4O2S. The smallest absolute Gasteiger partial charge is 0.350 e. The Kier molecular flexibility index (Phi) is 4.59. The molecule has 1 aromatic carbocycles. The average molecular weight is 338 g/mol. The number of ether oxygens (including phenoxy) is 1. The second-order valence-electron chi connectivity index (χ2n) is 4.82. The molecule has 0 bridgehead atoms. The van der Waals surface area contributed by atoms with Gasteiger partial charge in [0.1, 0.15) is 6.07 Å². The maximum absolute atomic E-state index is 11.6. The molecule has 3 aromatic rings. The van der Waals surface area contributed by atoms with Crippen LogP contribution in [0.3, 0.4) is 0 Å². The van der Waals surface area contributed by atoms with E-state index in [9.17, 15) is 4.79 Å². The number of anilines is 1. The summed E-state index contributed by atoms with van der Waals surface area (Å²) in [5.41, 5.74) is 2.78. The van der Waals surface area contributed by atoms with Crippen molar-refractivity contribution in [2.24, 2.45) is 0 Å². The Bertz CT molecular complexity index is 949. The fourth-order valence-corrected chi connectivity index (χ4v) is 2.91. The zero-order valence-electron chi connectivity index (χ0n) is 12.9. The van der Waals surface area contributed by atoms with Crippen molar-refractivity contribution in [2.45, 2.75) is 6.92 Å². The molecule has 3 rings (SSSR count). The second-order valence-corrected chi connectivity index (χ2v) is 5.68. The zero-order valence-corrected chi connectivity index (χ0v) is 13.7. The topological polar surface area (TPSA) is 90.8 Å². The molecule has 2 N–H and O–H groups in total. The quantitative estimate of drug-likeness (QED) is 0.421. The average Bonchev–Trinajstić information content (AvgIpc) is 3.22. The minimum absolute atomic E-state index is 0.0966. The van der Waals surface area contributed by atoms with Crippen LogP contribution in [0.25, 0.3) is 22.2 Å². The van der Waals surface area contributed by atoms with E-state index in [2.05, 4.69) is 15.3 Å². The Hall–Kier alpha value is -3.11. The number of aromatic amines is 1. The Labute approximate surface area is 142 Å². The Morgan fingerprint density at radius 2 is 2.33 bits per heavy atom. The summed E-state index contributed by atoms with van der Waals surface area (Å²) >= 11 is 1.39. The molecule has 0 unspecified atom stereocenters. The normalized spacial score (nSPS) is 11.2. The molecule has 0 aliphatic rings. The van der Waals surface area contributed by atoms with Gasteiger partial charge in [0, 0.05) is 34.2 Å². The summed E-state index contributed by atoms with van der Waals surface area (Å²) in [5, 5.41) is 15.5. The van der Waals surface area contributed by atoms with Crippen molar-refractivity contribution in [3.8, 4) is 17.3 Å². The number of para-hydroxylation sites is 1. The molecule has 0 aliphatic carbocycles. The molecule has 0 radical (unpaired) electrons. The monoisotopic (exact) mass is 338 g/mol. The minimum atomic E-state index is -0.652. The van der Waals surface area contributed by atoms with Crippen molar-refractivity contribution in [3.05, 3.63) is 47.6 Å². The van der Waals surface area contributed by atoms with Crippen LogP contribution in [0.15, 0.2) is 47.6 Å². The predicted molar refractivity (Wildman–Crippen MR) is 93.4 cm³/mol. The number of rotatable bonds is 5. The van der Waals surface area contributed by atoms with Gasteiger partial charge in [-0.3, -0.25) is 0 Å². The summed E-state index contributed by atoms with van der Waals surface area (Å²) in [4.78, 5) is 19.3. The number of thiazole rings is 1. The molecule has 0 atom stereocenters. The van der Waals surface area contributed by atoms with E-state index in [1.54, 1.807) is 6.92 Å². The summed E-state index contributed by atoms with van der Waals surface area (Å²) in [6.45, 7) is 1.91. The highest BCUT2D eigenvalue weighted by Gasteiger charge is 2.11. The Morgan fingerprint density at radius 1 is 1.50 bits per heavy atom. The number of carbonyl (C=O) groups is 1. The molecule has 0 spiro atoms. The lowest BCUT2D eigenvalue weighted by Gasteiger charge is -1.99. The van der Waals surface area contributed by atoms with Crippen LogP contribution in [0, 0.1) is 11.3 Å². The van der Waals surface area contributed by atoms with Gasteiger partial charge >= 0.3 is 5.97 Å². The Balaban J connectivity index is 1.81. The predicted octanol–water partition coefficient (Wildman–Crippen LogP) is 3.67. The van der Waals surface area contributed by atoms with Gasteiger partial charge in [-0.1, -0.05) is 18.2 Å². The van der Waals surface area contributed by atoms with Crippen molar-refractivity contribution in [1.82, 2.24) is 9.97 Å². The molecule has 6 nitrogen and oxygen atoms in total. The van der Waals surface area contributed by atoms with Crippen molar-refractivity contribution < 1.29 is 9.53 Å². The van der Waals surface area contributed by atoms with Crippen LogP contribution in [0.4, 0.5) is 5.13 Å². The zero-order chi connectivity index (χ0) is 16.9. The van der Waals surface area contributed by atoms with E-state index in [-0.39, 0.29) is 12.2 Å². The summed E-state index contributed by atoms with van der Waals surface area (Å²) in [6, 6.07) is 9.80. The maximum Gasteiger partial charge on any atom is 0.350 e. The van der Waals surface area contributed by atoms with E-state index in [0.717, 1.165) is 22.2 Å². The number of hydrogen-bond acceptors (Lipinski definition) is 6. The standard InChI is InChI=1S/C17H14N4O2S/c1-2-23-16(22)11(7-18)8-20-17-21-15(10-24-17)13-9-19-14-6-4-3-5-12(13)14/h3-6,8-10,19H,2H2,1H3,(H,20,21). The first-order valence-electron chi connectivity index (χ1n) is 7.29. The Morgan fingerprint density at radius 3 is 3.12 bits per heavy atom. The lowest BCUT2D eigenvalue weighted by molar-refractivity contribution is -0.138. The van der Waals surface area contributed by atoms with Crippen molar-refractivity contribution in [1.29, 1.82) is 5.26 Å². The van der Waals surface area contributed by atoms with Crippen LogP contribution in [-0.2, 0) is 9.53 Å². The van der Waals surface area contributed by atoms with Crippen LogP contribution in [0.5, 0.6) is 0 Å². The summed E-state index contributed by atoms with van der Waals surface area (Å²) in [5.74, 6) is -0.652. The van der Waals surface area contributed by atoms with Crippen LogP contribution in [0.2, 0.25) is 0 Å². The van der Waals surface area contributed by atoms with Gasteiger partial charge in [-0.2, -0.15) is 5.26 Å². The fourth-order valence-electron chi connectivity index (χ4n) is 2.23. The van der Waals surface area contributed by atoms with Gasteiger partial charge in [0.15, 0.2) is 10.7 Å². The first-order chi connectivity index (χ1) is 11.7. The highest BCUT2D eigenvalue weighted by molar-refractivity contribution is 7.14. The van der Waals surface area contributed by atoms with E-state index in [4.69, 9.17) is 10.00 Å². The lowest BCUT2D eigenvalue weighted by atomic mass is 10.1. The third-order valence-electron chi connectivity index (χ3n) is 3.33. The van der Waals surface area contributed by atoms with Gasteiger partial charge < -0.3 is 15.0 Å². The number of fused-ring (bicyclic) bond motifs is 1. The van der Waals surface area contributed by atoms with Gasteiger partial charge in [-0.25, -0.2) is 9.78 Å². The molecule has 2 heterocycles. The molecule has 0 fully saturated rings. The van der Waals surface area contributed by atoms with E-state index in [1.807, 2.05) is 41.9 Å². The van der Waals surface area contributed by atoms with Gasteiger partial charge in [-0.05, 0) is 13.0 Å². The third kappa shape index (κ3) is 3.14. The molecule has 2 aromatic heterocycles. The molecule has 7 heteroatoms. The molecule has 120 valence electrons. The van der Waals surface area contributed by atoms with Crippen LogP contribution in [-0.4, -0.2) is 22.5 Å². The minimum Gasteiger partial charge on any atom is -0.462 e. The van der Waals surface area contributed by atoms with E-state index in [1.165, 1.54) is 17.5 Å². The van der Waals surface area contributed by atoms with E-state index < -0.39 is 5.97 Å². The maximum atomic E-state index is 11.6. The van der Waals surface area contributed by atoms with Gasteiger partial charge in [0.2, 0.25) is 0 Å². The van der Waals surface area contributed by atoms with Crippen LogP contribution >= 0.6 is 11.3 Å². The number of benzene rings is 1. The largest absolute Gasteiger partial charge is 0.462 e.